The van der Waals surface area contributed by atoms with Crippen molar-refractivity contribution in [3.8, 4) is 0 Å². The van der Waals surface area contributed by atoms with Gasteiger partial charge in [0, 0.05) is 26.2 Å². The second-order valence-electron chi connectivity index (χ2n) is 6.43. The number of unbranched alkanes of at least 4 members (excludes halogenated alkanes) is 1. The number of carbonyl (C=O) groups is 1. The molecule has 4 heteroatoms. The molecule has 0 saturated carbocycles. The number of ether oxygens (including phenoxy) is 2. The van der Waals surface area contributed by atoms with Crippen molar-refractivity contribution >= 4 is 5.78 Å². The zero-order valence-corrected chi connectivity index (χ0v) is 13.7. The molecule has 0 heterocycles. The fraction of sp³-hybridized carbons (Fsp3) is 0.812. The molecule has 0 spiro atoms. The number of methoxy groups -OCH3 is 2. The molecule has 1 unspecified atom stereocenters. The largest absolute Gasteiger partial charge is 0.348 e. The first kappa shape index (κ1) is 17.3. The van der Waals surface area contributed by atoms with Crippen LogP contribution in [0.2, 0.25) is 0 Å². The van der Waals surface area contributed by atoms with Crippen LogP contribution >= 0.6 is 0 Å². The van der Waals surface area contributed by atoms with Crippen LogP contribution in [0, 0.1) is 5.41 Å². The Balaban J connectivity index is 3.05. The third-order valence-corrected chi connectivity index (χ3v) is 3.89. The molecule has 1 aliphatic rings. The van der Waals surface area contributed by atoms with Gasteiger partial charge in [0.25, 0.3) is 0 Å². The Morgan fingerprint density at radius 2 is 1.95 bits per heavy atom. The summed E-state index contributed by atoms with van der Waals surface area (Å²) in [6.07, 6.45) is 4.46. The van der Waals surface area contributed by atoms with Gasteiger partial charge in [-0.05, 0) is 24.5 Å². The molecule has 0 saturated heterocycles. The van der Waals surface area contributed by atoms with Gasteiger partial charge < -0.3 is 14.8 Å². The Kier molecular flexibility index (Phi) is 5.92. The summed E-state index contributed by atoms with van der Waals surface area (Å²) in [6.45, 7) is 9.12. The molecule has 116 valence electrons. The summed E-state index contributed by atoms with van der Waals surface area (Å²) in [4.78, 5) is 12.4. The summed E-state index contributed by atoms with van der Waals surface area (Å²) in [5.74, 6) is -0.680. The Morgan fingerprint density at radius 1 is 1.35 bits per heavy atom. The number of ketones is 1. The number of allylic oxidation sites excluding steroid dienone is 1. The molecule has 1 rings (SSSR count). The molecular weight excluding hydrogens is 254 g/mol. The molecule has 1 aliphatic carbocycles. The van der Waals surface area contributed by atoms with Crippen molar-refractivity contribution in [2.75, 3.05) is 20.8 Å². The summed E-state index contributed by atoms with van der Waals surface area (Å²) < 4.78 is 11.3. The molecule has 1 N–H and O–H groups in total. The lowest BCUT2D eigenvalue weighted by atomic mass is 9.76. The minimum atomic E-state index is -0.857. The van der Waals surface area contributed by atoms with Crippen molar-refractivity contribution in [1.82, 2.24) is 5.32 Å². The third kappa shape index (κ3) is 3.68. The first-order valence-corrected chi connectivity index (χ1v) is 7.41. The van der Waals surface area contributed by atoms with Crippen molar-refractivity contribution in [3.05, 3.63) is 11.6 Å². The van der Waals surface area contributed by atoms with Gasteiger partial charge in [-0.25, -0.2) is 0 Å². The second-order valence-corrected chi connectivity index (χ2v) is 6.43. The van der Waals surface area contributed by atoms with Crippen LogP contribution in [0.15, 0.2) is 11.6 Å². The molecule has 4 nitrogen and oxygen atoms in total. The van der Waals surface area contributed by atoms with E-state index in [-0.39, 0.29) is 17.2 Å². The van der Waals surface area contributed by atoms with E-state index in [1.165, 1.54) is 0 Å². The van der Waals surface area contributed by atoms with Gasteiger partial charge in [-0.2, -0.15) is 0 Å². The molecule has 0 amide bonds. The van der Waals surface area contributed by atoms with Crippen LogP contribution in [0.5, 0.6) is 0 Å². The summed E-state index contributed by atoms with van der Waals surface area (Å²) in [6, 6.07) is -0.136. The standard InChI is InChI=1S/C16H29NO3/c1-7-8-9-17-14-10-13(18)12(15(2,3)4)11-16(14,19-5)20-6/h11,14,17H,7-10H2,1-6H3. The molecule has 0 bridgehead atoms. The lowest BCUT2D eigenvalue weighted by Crippen LogP contribution is -2.56. The first-order chi connectivity index (χ1) is 9.30. The van der Waals surface area contributed by atoms with E-state index >= 15 is 0 Å². The predicted molar refractivity (Wildman–Crippen MR) is 80.6 cm³/mol. The molecule has 1 atom stereocenters. The molecule has 0 aromatic carbocycles. The number of rotatable bonds is 6. The lowest BCUT2D eigenvalue weighted by molar-refractivity contribution is -0.195. The maximum Gasteiger partial charge on any atom is 0.204 e. The van der Waals surface area contributed by atoms with E-state index in [0.717, 1.165) is 25.0 Å². The van der Waals surface area contributed by atoms with Crippen molar-refractivity contribution in [3.63, 3.8) is 0 Å². The van der Waals surface area contributed by atoms with Crippen molar-refractivity contribution in [2.45, 2.75) is 58.8 Å². The van der Waals surface area contributed by atoms with Crippen molar-refractivity contribution in [2.24, 2.45) is 5.41 Å². The molecule has 20 heavy (non-hydrogen) atoms. The van der Waals surface area contributed by atoms with Gasteiger partial charge >= 0.3 is 0 Å². The van der Waals surface area contributed by atoms with Gasteiger partial charge in [0.05, 0.1) is 6.04 Å². The summed E-state index contributed by atoms with van der Waals surface area (Å²) in [5.41, 5.74) is 0.586. The minimum absolute atomic E-state index is 0.136. The monoisotopic (exact) mass is 283 g/mol. The van der Waals surface area contributed by atoms with Gasteiger partial charge in [-0.3, -0.25) is 4.79 Å². The van der Waals surface area contributed by atoms with Crippen LogP contribution in [-0.4, -0.2) is 38.4 Å². The van der Waals surface area contributed by atoms with E-state index in [1.807, 2.05) is 26.8 Å². The van der Waals surface area contributed by atoms with Crippen LogP contribution in [-0.2, 0) is 14.3 Å². The molecule has 0 aromatic rings. The number of nitrogens with one attached hydrogen (secondary N) is 1. The maximum absolute atomic E-state index is 12.4. The highest BCUT2D eigenvalue weighted by atomic mass is 16.7. The van der Waals surface area contributed by atoms with E-state index < -0.39 is 5.79 Å². The zero-order chi connectivity index (χ0) is 15.4. The number of carbonyl (C=O) groups excluding carboxylic acids is 1. The first-order valence-electron chi connectivity index (χ1n) is 7.41. The van der Waals surface area contributed by atoms with Crippen LogP contribution in [0.4, 0.5) is 0 Å². The summed E-state index contributed by atoms with van der Waals surface area (Å²) in [7, 11) is 3.26. The van der Waals surface area contributed by atoms with Crippen LogP contribution < -0.4 is 5.32 Å². The van der Waals surface area contributed by atoms with E-state index in [1.54, 1.807) is 14.2 Å². The Labute approximate surface area is 122 Å². The number of hydrogen-bond donors (Lipinski definition) is 1. The fourth-order valence-corrected chi connectivity index (χ4v) is 2.61. The van der Waals surface area contributed by atoms with E-state index in [2.05, 4.69) is 12.2 Å². The normalized spacial score (nSPS) is 22.8. The molecule has 0 radical (unpaired) electrons. The topological polar surface area (TPSA) is 47.6 Å². The highest BCUT2D eigenvalue weighted by Gasteiger charge is 2.45. The highest BCUT2D eigenvalue weighted by molar-refractivity contribution is 5.98. The summed E-state index contributed by atoms with van der Waals surface area (Å²) >= 11 is 0. The summed E-state index contributed by atoms with van der Waals surface area (Å²) in [5, 5.41) is 3.40. The smallest absolute Gasteiger partial charge is 0.204 e. The average Bonchev–Trinajstić information content (AvgIpc) is 2.38. The SMILES string of the molecule is CCCCNC1CC(=O)C(C(C)(C)C)=CC1(OC)OC. The van der Waals surface area contributed by atoms with Crippen LogP contribution in [0.3, 0.4) is 0 Å². The maximum atomic E-state index is 12.4. The highest BCUT2D eigenvalue weighted by Crippen LogP contribution is 2.36. The van der Waals surface area contributed by atoms with E-state index in [9.17, 15) is 4.79 Å². The molecular formula is C16H29NO3. The lowest BCUT2D eigenvalue weighted by Gasteiger charge is -2.41. The zero-order valence-electron chi connectivity index (χ0n) is 13.7. The van der Waals surface area contributed by atoms with Gasteiger partial charge in [-0.15, -0.1) is 0 Å². The number of Topliss-reactive ketones (excluding diaryl/α,β-unsaturated/α-hetero) is 1. The van der Waals surface area contributed by atoms with Crippen molar-refractivity contribution < 1.29 is 14.3 Å². The minimum Gasteiger partial charge on any atom is -0.348 e. The Bertz CT molecular complexity index is 364. The van der Waals surface area contributed by atoms with Gasteiger partial charge in [0.15, 0.2) is 5.78 Å². The number of hydrogen-bond acceptors (Lipinski definition) is 4. The predicted octanol–water partition coefficient (Wildman–Crippen LogP) is 2.68. The van der Waals surface area contributed by atoms with Gasteiger partial charge in [-0.1, -0.05) is 34.1 Å². The fourth-order valence-electron chi connectivity index (χ4n) is 2.61. The molecule has 0 fully saturated rings. The Morgan fingerprint density at radius 3 is 2.40 bits per heavy atom. The second kappa shape index (κ2) is 6.83. The van der Waals surface area contributed by atoms with E-state index in [4.69, 9.17) is 9.47 Å². The van der Waals surface area contributed by atoms with Crippen LogP contribution in [0.25, 0.3) is 0 Å². The Hall–Kier alpha value is -0.710. The van der Waals surface area contributed by atoms with Gasteiger partial charge in [0.1, 0.15) is 0 Å². The third-order valence-electron chi connectivity index (χ3n) is 3.89. The quantitative estimate of drug-likeness (QED) is 0.601. The molecule has 0 aliphatic heterocycles. The molecule has 0 aromatic heterocycles. The van der Waals surface area contributed by atoms with Crippen molar-refractivity contribution in [1.29, 1.82) is 0 Å². The van der Waals surface area contributed by atoms with Gasteiger partial charge in [0.2, 0.25) is 5.79 Å². The average molecular weight is 283 g/mol. The van der Waals surface area contributed by atoms with E-state index in [0.29, 0.717) is 6.42 Å². The van der Waals surface area contributed by atoms with Crippen LogP contribution in [0.1, 0.15) is 47.0 Å².